The van der Waals surface area contributed by atoms with E-state index in [0.717, 1.165) is 5.56 Å². The minimum Gasteiger partial charge on any atom is -0.386 e. The van der Waals surface area contributed by atoms with Crippen molar-refractivity contribution in [1.82, 2.24) is 10.1 Å². The Morgan fingerprint density at radius 2 is 2.10 bits per heavy atom. The van der Waals surface area contributed by atoms with Crippen molar-refractivity contribution in [2.45, 2.75) is 18.9 Å². The first-order valence-corrected chi connectivity index (χ1v) is 6.65. The quantitative estimate of drug-likeness (QED) is 0.927. The van der Waals surface area contributed by atoms with E-state index in [9.17, 15) is 9.90 Å². The number of carbonyl (C=O) groups excluding carboxylic acids is 1. The third kappa shape index (κ3) is 2.20. The Morgan fingerprint density at radius 3 is 2.75 bits per heavy atom. The Morgan fingerprint density at radius 1 is 1.40 bits per heavy atom. The number of carbonyl (C=O) groups is 1. The fourth-order valence-corrected chi connectivity index (χ4v) is 2.31. The minimum absolute atomic E-state index is 0.210. The van der Waals surface area contributed by atoms with Crippen LogP contribution in [0.15, 0.2) is 40.9 Å². The fraction of sp³-hybridized carbons (Fsp3) is 0.333. The smallest absolute Gasteiger partial charge is 0.292 e. The summed E-state index contributed by atoms with van der Waals surface area (Å²) in [6.07, 6.45) is 0.641. The van der Waals surface area contributed by atoms with Gasteiger partial charge in [0.2, 0.25) is 5.76 Å². The zero-order valence-corrected chi connectivity index (χ0v) is 11.2. The zero-order valence-electron chi connectivity index (χ0n) is 11.2. The van der Waals surface area contributed by atoms with E-state index >= 15 is 0 Å². The van der Waals surface area contributed by atoms with Gasteiger partial charge in [-0.3, -0.25) is 4.79 Å². The van der Waals surface area contributed by atoms with Gasteiger partial charge in [0.25, 0.3) is 5.91 Å². The summed E-state index contributed by atoms with van der Waals surface area (Å²) in [5, 5.41) is 13.8. The van der Waals surface area contributed by atoms with E-state index < -0.39 is 5.60 Å². The van der Waals surface area contributed by atoms with Crippen LogP contribution in [0.25, 0.3) is 11.3 Å². The van der Waals surface area contributed by atoms with Crippen molar-refractivity contribution in [2.75, 3.05) is 13.1 Å². The molecule has 1 saturated heterocycles. The van der Waals surface area contributed by atoms with Gasteiger partial charge in [0.15, 0.2) is 0 Å². The van der Waals surface area contributed by atoms with Crippen molar-refractivity contribution in [3.05, 3.63) is 42.2 Å². The van der Waals surface area contributed by atoms with Gasteiger partial charge in [-0.15, -0.1) is 0 Å². The molecule has 0 saturated carbocycles. The number of aromatic nitrogens is 1. The van der Waals surface area contributed by atoms with Crippen molar-refractivity contribution in [3.8, 4) is 11.3 Å². The summed E-state index contributed by atoms with van der Waals surface area (Å²) in [4.78, 5) is 13.7. The van der Waals surface area contributed by atoms with Crippen LogP contribution in [0, 0.1) is 0 Å². The highest BCUT2D eigenvalue weighted by molar-refractivity contribution is 5.93. The average Bonchev–Trinajstić information content (AvgIpc) is 2.94. The molecule has 1 aliphatic rings. The zero-order chi connectivity index (χ0) is 14.2. The number of likely N-dealkylation sites (tertiary alicyclic amines) is 1. The van der Waals surface area contributed by atoms with E-state index in [1.165, 1.54) is 0 Å². The molecule has 104 valence electrons. The van der Waals surface area contributed by atoms with E-state index in [-0.39, 0.29) is 11.7 Å². The summed E-state index contributed by atoms with van der Waals surface area (Å²) in [5.74, 6) is -0.0141. The number of benzene rings is 1. The van der Waals surface area contributed by atoms with Crippen LogP contribution in [0.2, 0.25) is 0 Å². The average molecular weight is 272 g/mol. The predicted molar refractivity (Wildman–Crippen MR) is 73.1 cm³/mol. The molecule has 0 spiro atoms. The first-order valence-electron chi connectivity index (χ1n) is 6.65. The van der Waals surface area contributed by atoms with Gasteiger partial charge in [-0.2, -0.15) is 0 Å². The Hall–Kier alpha value is -2.14. The fourth-order valence-electron chi connectivity index (χ4n) is 2.31. The molecule has 3 rings (SSSR count). The highest BCUT2D eigenvalue weighted by atomic mass is 16.5. The molecule has 2 heterocycles. The summed E-state index contributed by atoms with van der Waals surface area (Å²) in [7, 11) is 0. The van der Waals surface area contributed by atoms with E-state index in [4.69, 9.17) is 4.52 Å². The molecular weight excluding hydrogens is 256 g/mol. The maximum absolute atomic E-state index is 12.2. The number of hydrogen-bond donors (Lipinski definition) is 1. The van der Waals surface area contributed by atoms with Gasteiger partial charge in [-0.05, 0) is 6.42 Å². The van der Waals surface area contributed by atoms with Crippen LogP contribution < -0.4 is 0 Å². The lowest BCUT2D eigenvalue weighted by molar-refractivity contribution is -0.0836. The molecule has 2 aromatic rings. The molecule has 5 heteroatoms. The summed E-state index contributed by atoms with van der Waals surface area (Å²) in [6, 6.07) is 11.2. The number of amides is 1. The number of β-amino-alcohol motifs (C(OH)–C–C–N with tert-alkyl or cyclic N) is 1. The predicted octanol–water partition coefficient (Wildman–Crippen LogP) is 1.94. The topological polar surface area (TPSA) is 66.6 Å². The Balaban J connectivity index is 1.73. The largest absolute Gasteiger partial charge is 0.386 e. The number of rotatable bonds is 3. The molecule has 1 amide bonds. The second kappa shape index (κ2) is 4.76. The van der Waals surface area contributed by atoms with Gasteiger partial charge >= 0.3 is 0 Å². The highest BCUT2D eigenvalue weighted by Crippen LogP contribution is 2.27. The van der Waals surface area contributed by atoms with Gasteiger partial charge < -0.3 is 14.5 Å². The number of aliphatic hydroxyl groups is 1. The Kier molecular flexibility index (Phi) is 3.06. The van der Waals surface area contributed by atoms with Gasteiger partial charge in [-0.1, -0.05) is 42.4 Å². The molecule has 0 radical (unpaired) electrons. The normalized spacial score (nSPS) is 16.8. The molecule has 1 aromatic carbocycles. The standard InChI is InChI=1S/C15H16N2O3/c1-2-15(19)9-17(10-15)14(18)13-8-12(16-20-13)11-6-4-3-5-7-11/h3-8,19H,2,9-10H2,1H3. The summed E-state index contributed by atoms with van der Waals surface area (Å²) >= 11 is 0. The van der Waals surface area contributed by atoms with Crippen LogP contribution in [0.4, 0.5) is 0 Å². The molecule has 1 N–H and O–H groups in total. The molecule has 1 aliphatic heterocycles. The van der Waals surface area contributed by atoms with E-state index in [1.807, 2.05) is 37.3 Å². The highest BCUT2D eigenvalue weighted by Gasteiger charge is 2.43. The first-order chi connectivity index (χ1) is 9.61. The van der Waals surface area contributed by atoms with Crippen molar-refractivity contribution >= 4 is 5.91 Å². The molecular formula is C15H16N2O3. The van der Waals surface area contributed by atoms with Gasteiger partial charge in [-0.25, -0.2) is 0 Å². The van der Waals surface area contributed by atoms with Crippen molar-refractivity contribution < 1.29 is 14.4 Å². The maximum atomic E-state index is 12.2. The first kappa shape index (κ1) is 12.9. The molecule has 5 nitrogen and oxygen atoms in total. The summed E-state index contributed by atoms with van der Waals surface area (Å²) < 4.78 is 5.12. The van der Waals surface area contributed by atoms with Crippen molar-refractivity contribution in [3.63, 3.8) is 0 Å². The molecule has 20 heavy (non-hydrogen) atoms. The van der Waals surface area contributed by atoms with E-state index in [2.05, 4.69) is 5.16 Å². The molecule has 0 aliphatic carbocycles. The van der Waals surface area contributed by atoms with Crippen LogP contribution in [-0.2, 0) is 0 Å². The molecule has 0 bridgehead atoms. The summed E-state index contributed by atoms with van der Waals surface area (Å²) in [5.41, 5.74) is 0.807. The van der Waals surface area contributed by atoms with Crippen molar-refractivity contribution in [2.24, 2.45) is 0 Å². The second-order valence-corrected chi connectivity index (χ2v) is 5.18. The lowest BCUT2D eigenvalue weighted by Gasteiger charge is -2.45. The number of nitrogens with zero attached hydrogens (tertiary/aromatic N) is 2. The van der Waals surface area contributed by atoms with Crippen LogP contribution in [0.1, 0.15) is 23.9 Å². The minimum atomic E-state index is -0.738. The van der Waals surface area contributed by atoms with E-state index in [0.29, 0.717) is 25.2 Å². The SMILES string of the molecule is CCC1(O)CN(C(=O)c2cc(-c3ccccc3)no2)C1. The molecule has 1 fully saturated rings. The second-order valence-electron chi connectivity index (χ2n) is 5.18. The number of hydrogen-bond acceptors (Lipinski definition) is 4. The maximum Gasteiger partial charge on any atom is 0.292 e. The lowest BCUT2D eigenvalue weighted by Crippen LogP contribution is -2.63. The van der Waals surface area contributed by atoms with Gasteiger partial charge in [0, 0.05) is 11.6 Å². The van der Waals surface area contributed by atoms with Crippen LogP contribution in [0.3, 0.4) is 0 Å². The Labute approximate surface area is 116 Å². The third-order valence-electron chi connectivity index (χ3n) is 3.71. The van der Waals surface area contributed by atoms with Crippen LogP contribution in [-0.4, -0.2) is 39.8 Å². The lowest BCUT2D eigenvalue weighted by atomic mass is 9.91. The molecule has 0 atom stereocenters. The third-order valence-corrected chi connectivity index (χ3v) is 3.71. The molecule has 1 aromatic heterocycles. The summed E-state index contributed by atoms with van der Waals surface area (Å²) in [6.45, 7) is 2.61. The van der Waals surface area contributed by atoms with Crippen LogP contribution in [0.5, 0.6) is 0 Å². The van der Waals surface area contributed by atoms with Gasteiger partial charge in [0.1, 0.15) is 5.69 Å². The Bertz CT molecular complexity index is 615. The van der Waals surface area contributed by atoms with E-state index in [1.54, 1.807) is 11.0 Å². The van der Waals surface area contributed by atoms with Crippen molar-refractivity contribution in [1.29, 1.82) is 0 Å². The molecule has 0 unspecified atom stereocenters. The van der Waals surface area contributed by atoms with Gasteiger partial charge in [0.05, 0.1) is 18.7 Å². The monoisotopic (exact) mass is 272 g/mol. The van der Waals surface area contributed by atoms with Crippen LogP contribution >= 0.6 is 0 Å².